The smallest absolute Gasteiger partial charge is 0.262 e. The monoisotopic (exact) mass is 303 g/mol. The van der Waals surface area contributed by atoms with E-state index in [0.717, 1.165) is 5.56 Å². The highest BCUT2D eigenvalue weighted by Gasteiger charge is 2.14. The molecular weight excluding hydrogens is 290 g/mol. The highest BCUT2D eigenvalue weighted by molar-refractivity contribution is 5.79. The first-order valence-corrected chi connectivity index (χ1v) is 7.25. The number of hydrogen-bond donors (Lipinski definition) is 0. The van der Waals surface area contributed by atoms with Crippen molar-refractivity contribution in [1.29, 1.82) is 0 Å². The molecule has 0 radical (unpaired) electrons. The number of benzene rings is 1. The lowest BCUT2D eigenvalue weighted by Gasteiger charge is -2.12. The molecule has 3 heterocycles. The summed E-state index contributed by atoms with van der Waals surface area (Å²) in [5.74, 6) is 1.28. The van der Waals surface area contributed by atoms with Gasteiger partial charge in [-0.15, -0.1) is 0 Å². The van der Waals surface area contributed by atoms with Crippen molar-refractivity contribution in [2.24, 2.45) is 0 Å². The van der Waals surface area contributed by atoms with Gasteiger partial charge in [-0.3, -0.25) is 14.3 Å². The minimum atomic E-state index is -0.0918. The SMILES string of the molecule is O=c1c2ccccc2nc(-c2cccnc2)n1Cc1ccco1. The largest absolute Gasteiger partial charge is 0.467 e. The number of pyridine rings is 1. The Hall–Kier alpha value is -3.21. The Morgan fingerprint density at radius 3 is 2.74 bits per heavy atom. The number of rotatable bonds is 3. The summed E-state index contributed by atoms with van der Waals surface area (Å²) in [6.07, 6.45) is 4.99. The van der Waals surface area contributed by atoms with E-state index in [0.29, 0.717) is 29.0 Å². The van der Waals surface area contributed by atoms with Gasteiger partial charge in [0.15, 0.2) is 0 Å². The van der Waals surface area contributed by atoms with Gasteiger partial charge in [0.05, 0.1) is 23.7 Å². The van der Waals surface area contributed by atoms with E-state index in [1.54, 1.807) is 35.4 Å². The quantitative estimate of drug-likeness (QED) is 0.583. The summed E-state index contributed by atoms with van der Waals surface area (Å²) < 4.78 is 7.02. The van der Waals surface area contributed by atoms with E-state index < -0.39 is 0 Å². The van der Waals surface area contributed by atoms with Gasteiger partial charge >= 0.3 is 0 Å². The number of fused-ring (bicyclic) bond motifs is 1. The van der Waals surface area contributed by atoms with Gasteiger partial charge in [0.25, 0.3) is 5.56 Å². The van der Waals surface area contributed by atoms with Crippen molar-refractivity contribution >= 4 is 10.9 Å². The number of aromatic nitrogens is 3. The van der Waals surface area contributed by atoms with E-state index in [2.05, 4.69) is 9.97 Å². The maximum atomic E-state index is 12.9. The summed E-state index contributed by atoms with van der Waals surface area (Å²) in [4.78, 5) is 21.7. The Bertz CT molecular complexity index is 1010. The fraction of sp³-hybridized carbons (Fsp3) is 0.0556. The van der Waals surface area contributed by atoms with Crippen molar-refractivity contribution in [3.05, 3.63) is 83.3 Å². The number of para-hydroxylation sites is 1. The molecule has 0 spiro atoms. The average Bonchev–Trinajstić information content (AvgIpc) is 3.11. The molecule has 0 unspecified atom stereocenters. The molecule has 0 aliphatic rings. The van der Waals surface area contributed by atoms with E-state index >= 15 is 0 Å². The van der Waals surface area contributed by atoms with Gasteiger partial charge in [-0.2, -0.15) is 0 Å². The minimum Gasteiger partial charge on any atom is -0.467 e. The summed E-state index contributed by atoms with van der Waals surface area (Å²) in [5, 5.41) is 0.590. The molecule has 0 atom stereocenters. The van der Waals surface area contributed by atoms with Crippen molar-refractivity contribution in [3.63, 3.8) is 0 Å². The zero-order valence-electron chi connectivity index (χ0n) is 12.2. The number of nitrogens with zero attached hydrogens (tertiary/aromatic N) is 3. The predicted octanol–water partition coefficient (Wildman–Crippen LogP) is 3.10. The van der Waals surface area contributed by atoms with Gasteiger partial charge in [0, 0.05) is 18.0 Å². The second kappa shape index (κ2) is 5.53. The molecule has 0 bridgehead atoms. The molecule has 0 N–H and O–H groups in total. The summed E-state index contributed by atoms with van der Waals surface area (Å²) in [6, 6.07) is 14.7. The lowest BCUT2D eigenvalue weighted by atomic mass is 10.2. The Kier molecular flexibility index (Phi) is 3.24. The zero-order chi connectivity index (χ0) is 15.6. The lowest BCUT2D eigenvalue weighted by molar-refractivity contribution is 0.490. The van der Waals surface area contributed by atoms with Crippen LogP contribution in [0.3, 0.4) is 0 Å². The summed E-state index contributed by atoms with van der Waals surface area (Å²) in [5.41, 5.74) is 1.37. The maximum Gasteiger partial charge on any atom is 0.262 e. The molecule has 0 saturated carbocycles. The molecule has 4 aromatic rings. The van der Waals surface area contributed by atoms with Crippen molar-refractivity contribution in [1.82, 2.24) is 14.5 Å². The highest BCUT2D eigenvalue weighted by Crippen LogP contribution is 2.19. The van der Waals surface area contributed by atoms with E-state index in [9.17, 15) is 4.79 Å². The topological polar surface area (TPSA) is 60.9 Å². The Morgan fingerprint density at radius 1 is 1.04 bits per heavy atom. The fourth-order valence-electron chi connectivity index (χ4n) is 2.59. The van der Waals surface area contributed by atoms with Crippen molar-refractivity contribution in [3.8, 4) is 11.4 Å². The summed E-state index contributed by atoms with van der Waals surface area (Å²) >= 11 is 0. The Morgan fingerprint density at radius 2 is 1.96 bits per heavy atom. The molecule has 112 valence electrons. The normalized spacial score (nSPS) is 11.0. The van der Waals surface area contributed by atoms with Gasteiger partial charge in [0.2, 0.25) is 0 Å². The molecule has 0 saturated heterocycles. The third-order valence-electron chi connectivity index (χ3n) is 3.68. The second-order valence-corrected chi connectivity index (χ2v) is 5.16. The molecule has 1 aromatic carbocycles. The number of hydrogen-bond acceptors (Lipinski definition) is 4. The van der Waals surface area contributed by atoms with Crippen LogP contribution in [-0.2, 0) is 6.54 Å². The van der Waals surface area contributed by atoms with Crippen LogP contribution in [0.5, 0.6) is 0 Å². The second-order valence-electron chi connectivity index (χ2n) is 5.16. The van der Waals surface area contributed by atoms with E-state index in [4.69, 9.17) is 4.42 Å². The Labute approximate surface area is 131 Å². The van der Waals surface area contributed by atoms with Crippen molar-refractivity contribution in [2.45, 2.75) is 6.54 Å². The molecule has 4 rings (SSSR count). The average molecular weight is 303 g/mol. The van der Waals surface area contributed by atoms with E-state index in [-0.39, 0.29) is 5.56 Å². The van der Waals surface area contributed by atoms with Crippen LogP contribution in [0.15, 0.2) is 76.4 Å². The molecule has 5 nitrogen and oxygen atoms in total. The van der Waals surface area contributed by atoms with Crippen LogP contribution in [0.25, 0.3) is 22.3 Å². The van der Waals surface area contributed by atoms with Crippen LogP contribution in [-0.4, -0.2) is 14.5 Å². The molecule has 0 aliphatic heterocycles. The molecule has 0 fully saturated rings. The maximum absolute atomic E-state index is 12.9. The molecule has 23 heavy (non-hydrogen) atoms. The van der Waals surface area contributed by atoms with Gasteiger partial charge in [-0.1, -0.05) is 12.1 Å². The molecular formula is C18H13N3O2. The minimum absolute atomic E-state index is 0.0918. The van der Waals surface area contributed by atoms with Crippen LogP contribution >= 0.6 is 0 Å². The summed E-state index contributed by atoms with van der Waals surface area (Å²) in [7, 11) is 0. The number of furan rings is 1. The van der Waals surface area contributed by atoms with Gasteiger partial charge in [-0.05, 0) is 36.4 Å². The van der Waals surface area contributed by atoms with Gasteiger partial charge in [-0.25, -0.2) is 4.98 Å². The predicted molar refractivity (Wildman–Crippen MR) is 87.0 cm³/mol. The molecule has 0 amide bonds. The van der Waals surface area contributed by atoms with Crippen LogP contribution < -0.4 is 5.56 Å². The zero-order valence-corrected chi connectivity index (χ0v) is 12.2. The Balaban J connectivity index is 2.00. The summed E-state index contributed by atoms with van der Waals surface area (Å²) in [6.45, 7) is 0.327. The van der Waals surface area contributed by atoms with Gasteiger partial charge < -0.3 is 4.42 Å². The third kappa shape index (κ3) is 2.42. The first-order valence-electron chi connectivity index (χ1n) is 7.25. The molecule has 0 aliphatic carbocycles. The first-order chi connectivity index (χ1) is 11.3. The van der Waals surface area contributed by atoms with Crippen LogP contribution in [0.4, 0.5) is 0 Å². The van der Waals surface area contributed by atoms with Crippen LogP contribution in [0.1, 0.15) is 5.76 Å². The van der Waals surface area contributed by atoms with Crippen molar-refractivity contribution in [2.75, 3.05) is 0 Å². The first kappa shape index (κ1) is 13.5. The van der Waals surface area contributed by atoms with Crippen molar-refractivity contribution < 1.29 is 4.42 Å². The highest BCUT2D eigenvalue weighted by atomic mass is 16.3. The lowest BCUT2D eigenvalue weighted by Crippen LogP contribution is -2.24. The van der Waals surface area contributed by atoms with Crippen LogP contribution in [0, 0.1) is 0 Å². The molecule has 3 aromatic heterocycles. The standard InChI is InChI=1S/C18H13N3O2/c22-18-15-7-1-2-8-16(15)20-17(13-5-3-9-19-11-13)21(18)12-14-6-4-10-23-14/h1-11H,12H2. The fourth-order valence-corrected chi connectivity index (χ4v) is 2.59. The third-order valence-corrected chi connectivity index (χ3v) is 3.68. The van der Waals surface area contributed by atoms with Gasteiger partial charge in [0.1, 0.15) is 11.6 Å². The molecule has 5 heteroatoms. The van der Waals surface area contributed by atoms with E-state index in [1.165, 1.54) is 0 Å². The van der Waals surface area contributed by atoms with E-state index in [1.807, 2.05) is 36.4 Å². The van der Waals surface area contributed by atoms with Crippen LogP contribution in [0.2, 0.25) is 0 Å².